The van der Waals surface area contributed by atoms with Crippen molar-refractivity contribution in [3.8, 4) is 11.3 Å². The number of carbonyl (C=O) groups is 2. The van der Waals surface area contributed by atoms with Gasteiger partial charge >= 0.3 is 5.97 Å². The molecule has 0 unspecified atom stereocenters. The monoisotopic (exact) mass is 501 g/mol. The Morgan fingerprint density at radius 1 is 1.12 bits per heavy atom. The van der Waals surface area contributed by atoms with Crippen molar-refractivity contribution in [2.75, 3.05) is 6.54 Å². The normalized spacial score (nSPS) is 13.1. The first-order valence-electron chi connectivity index (χ1n) is 10.4. The number of carboxylic acids is 1. The summed E-state index contributed by atoms with van der Waals surface area (Å²) < 4.78 is 1.92. The van der Waals surface area contributed by atoms with Gasteiger partial charge in [-0.25, -0.2) is 0 Å². The Kier molecular flexibility index (Phi) is 7.33. The van der Waals surface area contributed by atoms with E-state index in [9.17, 15) is 9.59 Å². The fraction of sp³-hybridized carbons (Fsp3) is 0.208. The number of nitrogens with zero attached hydrogens (tertiary/aromatic N) is 2. The van der Waals surface area contributed by atoms with Crippen LogP contribution in [0.5, 0.6) is 0 Å². The molecule has 1 aliphatic carbocycles. The molecule has 0 atom stereocenters. The molecule has 0 saturated heterocycles. The second kappa shape index (κ2) is 10.4. The van der Waals surface area contributed by atoms with Crippen LogP contribution in [-0.2, 0) is 11.3 Å². The van der Waals surface area contributed by atoms with Crippen LogP contribution in [0, 0.1) is 0 Å². The molecule has 1 aliphatic rings. The first-order chi connectivity index (χ1) is 15.9. The van der Waals surface area contributed by atoms with Crippen molar-refractivity contribution in [3.05, 3.63) is 80.1 Å². The average molecular weight is 502 g/mol. The van der Waals surface area contributed by atoms with Gasteiger partial charge in [-0.2, -0.15) is 5.10 Å². The molecule has 0 spiro atoms. The number of aliphatic carboxylic acids is 1. The Bertz CT molecular complexity index is 1240. The highest BCUT2D eigenvalue weighted by Crippen LogP contribution is 2.31. The predicted octanol–water partition coefficient (Wildman–Crippen LogP) is 5.90. The van der Waals surface area contributed by atoms with Gasteiger partial charge < -0.3 is 10.4 Å². The minimum atomic E-state index is -0.948. The zero-order valence-corrected chi connectivity index (χ0v) is 19.9. The molecule has 1 aromatic carbocycles. The molecular formula is C24H21Cl2N3O3S. The lowest BCUT2D eigenvalue weighted by molar-refractivity contribution is -0.136. The standard InChI is InChI=1S/C24H21Cl2N3O3S/c25-17-10-16(11-18(26)12-17)20-13-21(15-4-2-1-3-5-15)29(28-20)14-19-6-7-22(33-19)24(32)27-9-8-23(30)31/h2,4-7,10-13H,1,3,8-9,14H2,(H,27,32)(H,30,31). The van der Waals surface area contributed by atoms with Crippen LogP contribution in [0.4, 0.5) is 0 Å². The van der Waals surface area contributed by atoms with Crippen molar-refractivity contribution in [2.45, 2.75) is 25.8 Å². The molecule has 0 radical (unpaired) electrons. The molecule has 0 aliphatic heterocycles. The van der Waals surface area contributed by atoms with Crippen molar-refractivity contribution in [2.24, 2.45) is 0 Å². The molecule has 1 amide bonds. The van der Waals surface area contributed by atoms with E-state index in [1.54, 1.807) is 12.1 Å². The van der Waals surface area contributed by atoms with E-state index >= 15 is 0 Å². The minimum Gasteiger partial charge on any atom is -0.481 e. The fourth-order valence-electron chi connectivity index (χ4n) is 3.52. The molecule has 0 fully saturated rings. The minimum absolute atomic E-state index is 0.0940. The highest BCUT2D eigenvalue weighted by atomic mass is 35.5. The van der Waals surface area contributed by atoms with Crippen LogP contribution < -0.4 is 5.32 Å². The largest absolute Gasteiger partial charge is 0.481 e. The molecule has 170 valence electrons. The summed E-state index contributed by atoms with van der Waals surface area (Å²) in [6, 6.07) is 11.0. The third-order valence-electron chi connectivity index (χ3n) is 5.04. The fourth-order valence-corrected chi connectivity index (χ4v) is 4.95. The molecule has 9 heteroatoms. The van der Waals surface area contributed by atoms with Gasteiger partial charge in [0.1, 0.15) is 0 Å². The maximum absolute atomic E-state index is 12.3. The Balaban J connectivity index is 1.60. The van der Waals surface area contributed by atoms with Crippen molar-refractivity contribution in [1.29, 1.82) is 0 Å². The van der Waals surface area contributed by atoms with Crippen molar-refractivity contribution in [1.82, 2.24) is 15.1 Å². The lowest BCUT2D eigenvalue weighted by Gasteiger charge is -2.09. The van der Waals surface area contributed by atoms with Crippen LogP contribution >= 0.6 is 34.5 Å². The summed E-state index contributed by atoms with van der Waals surface area (Å²) in [5.74, 6) is -1.23. The number of nitrogens with one attached hydrogen (secondary N) is 1. The topological polar surface area (TPSA) is 84.2 Å². The molecule has 2 heterocycles. The Labute approximate surface area is 205 Å². The number of hydrogen-bond donors (Lipinski definition) is 2. The number of carbonyl (C=O) groups excluding carboxylic acids is 1. The number of amides is 1. The van der Waals surface area contributed by atoms with Gasteiger partial charge in [0.25, 0.3) is 5.91 Å². The van der Waals surface area contributed by atoms with Crippen LogP contribution in [0.25, 0.3) is 16.8 Å². The number of carboxylic acid groups (broad SMARTS) is 1. The molecule has 2 aromatic heterocycles. The Morgan fingerprint density at radius 3 is 2.61 bits per heavy atom. The summed E-state index contributed by atoms with van der Waals surface area (Å²) >= 11 is 13.8. The number of benzene rings is 1. The maximum atomic E-state index is 12.3. The predicted molar refractivity (Wildman–Crippen MR) is 132 cm³/mol. The number of allylic oxidation sites excluding steroid dienone is 4. The molecule has 3 aromatic rings. The Hall–Kier alpha value is -2.87. The van der Waals surface area contributed by atoms with Crippen molar-refractivity contribution < 1.29 is 14.7 Å². The second-order valence-electron chi connectivity index (χ2n) is 7.54. The maximum Gasteiger partial charge on any atom is 0.305 e. The zero-order valence-electron chi connectivity index (χ0n) is 17.6. The van der Waals surface area contributed by atoms with Gasteiger partial charge in [-0.3, -0.25) is 14.3 Å². The summed E-state index contributed by atoms with van der Waals surface area (Å²) in [4.78, 5) is 24.4. The van der Waals surface area contributed by atoms with E-state index < -0.39 is 5.97 Å². The molecule has 0 saturated carbocycles. The summed E-state index contributed by atoms with van der Waals surface area (Å²) in [5.41, 5.74) is 3.66. The number of rotatable bonds is 8. The number of hydrogen-bond acceptors (Lipinski definition) is 4. The van der Waals surface area contributed by atoms with Gasteiger partial charge in [-0.15, -0.1) is 11.3 Å². The van der Waals surface area contributed by atoms with Gasteiger partial charge in [0, 0.05) is 27.0 Å². The lowest BCUT2D eigenvalue weighted by atomic mass is 10.0. The van der Waals surface area contributed by atoms with E-state index in [1.165, 1.54) is 11.3 Å². The number of halogens is 2. The summed E-state index contributed by atoms with van der Waals surface area (Å²) in [6.45, 7) is 0.582. The van der Waals surface area contributed by atoms with Crippen LogP contribution in [0.2, 0.25) is 10.0 Å². The van der Waals surface area contributed by atoms with E-state index in [0.29, 0.717) is 21.5 Å². The zero-order chi connectivity index (χ0) is 23.4. The average Bonchev–Trinajstić information content (AvgIpc) is 3.41. The van der Waals surface area contributed by atoms with Crippen LogP contribution in [0.1, 0.15) is 39.5 Å². The van der Waals surface area contributed by atoms with E-state index in [0.717, 1.165) is 40.2 Å². The third kappa shape index (κ3) is 5.93. The van der Waals surface area contributed by atoms with Crippen LogP contribution in [0.15, 0.2) is 54.6 Å². The SMILES string of the molecule is O=C(O)CCNC(=O)c1ccc(Cn2nc(-c3cc(Cl)cc(Cl)c3)cc2C2=CCCC=C2)s1. The molecular weight excluding hydrogens is 481 g/mol. The quantitative estimate of drug-likeness (QED) is 0.402. The van der Waals surface area contributed by atoms with Gasteiger partial charge in [0.15, 0.2) is 0 Å². The van der Waals surface area contributed by atoms with E-state index in [4.69, 9.17) is 33.4 Å². The second-order valence-corrected chi connectivity index (χ2v) is 9.58. The van der Waals surface area contributed by atoms with Gasteiger partial charge in [-0.05, 0) is 54.8 Å². The third-order valence-corrected chi connectivity index (χ3v) is 6.55. The molecule has 33 heavy (non-hydrogen) atoms. The van der Waals surface area contributed by atoms with E-state index in [2.05, 4.69) is 23.5 Å². The van der Waals surface area contributed by atoms with E-state index in [1.807, 2.05) is 28.9 Å². The van der Waals surface area contributed by atoms with Crippen molar-refractivity contribution >= 4 is 52.0 Å². The summed E-state index contributed by atoms with van der Waals surface area (Å²) in [7, 11) is 0. The molecule has 0 bridgehead atoms. The highest BCUT2D eigenvalue weighted by Gasteiger charge is 2.16. The van der Waals surface area contributed by atoms with Gasteiger partial charge in [-0.1, -0.05) is 41.4 Å². The van der Waals surface area contributed by atoms with Gasteiger partial charge in [0.2, 0.25) is 0 Å². The highest BCUT2D eigenvalue weighted by molar-refractivity contribution is 7.14. The molecule has 4 rings (SSSR count). The van der Waals surface area contributed by atoms with Crippen LogP contribution in [-0.4, -0.2) is 33.3 Å². The molecule has 2 N–H and O–H groups in total. The van der Waals surface area contributed by atoms with Crippen LogP contribution in [0.3, 0.4) is 0 Å². The first kappa shape index (κ1) is 23.3. The number of aromatic nitrogens is 2. The first-order valence-corrected chi connectivity index (χ1v) is 12.0. The smallest absolute Gasteiger partial charge is 0.305 e. The van der Waals surface area contributed by atoms with E-state index in [-0.39, 0.29) is 18.9 Å². The van der Waals surface area contributed by atoms with Gasteiger partial charge in [0.05, 0.1) is 29.2 Å². The van der Waals surface area contributed by atoms with Crippen molar-refractivity contribution in [3.63, 3.8) is 0 Å². The molecule has 6 nitrogen and oxygen atoms in total. The number of thiophene rings is 1. The summed E-state index contributed by atoms with van der Waals surface area (Å²) in [6.07, 6.45) is 8.31. The summed E-state index contributed by atoms with van der Waals surface area (Å²) in [5, 5.41) is 17.3. The lowest BCUT2D eigenvalue weighted by Crippen LogP contribution is -2.25. The Morgan fingerprint density at radius 2 is 1.91 bits per heavy atom.